The maximum absolute atomic E-state index is 8.46. The van der Waals surface area contributed by atoms with Gasteiger partial charge >= 0.3 is 0 Å². The molecule has 0 aromatic rings. The molecule has 0 fully saturated rings. The third kappa shape index (κ3) is 15.3. The van der Waals surface area contributed by atoms with Gasteiger partial charge in [0.1, 0.15) is 0 Å². The van der Waals surface area contributed by atoms with Gasteiger partial charge in [-0.15, -0.1) is 0 Å². The molecular formula is C16H30O. The third-order valence-electron chi connectivity index (χ3n) is 3.00. The summed E-state index contributed by atoms with van der Waals surface area (Å²) < 4.78 is 0. The topological polar surface area (TPSA) is 20.2 Å². The molecule has 1 nitrogen and oxygen atoms in total. The molecule has 0 aliphatic carbocycles. The van der Waals surface area contributed by atoms with Crippen molar-refractivity contribution in [3.05, 3.63) is 24.5 Å². The van der Waals surface area contributed by atoms with Crippen LogP contribution in [0.15, 0.2) is 24.5 Å². The van der Waals surface area contributed by atoms with Crippen LogP contribution in [0.5, 0.6) is 0 Å². The Morgan fingerprint density at radius 2 is 1.12 bits per heavy atom. The van der Waals surface area contributed by atoms with E-state index in [1.165, 1.54) is 64.2 Å². The van der Waals surface area contributed by atoms with Crippen LogP contribution < -0.4 is 0 Å². The van der Waals surface area contributed by atoms with Gasteiger partial charge in [-0.05, 0) is 32.1 Å². The van der Waals surface area contributed by atoms with Crippen LogP contribution in [0.2, 0.25) is 0 Å². The van der Waals surface area contributed by atoms with Crippen molar-refractivity contribution < 1.29 is 5.11 Å². The second kappa shape index (κ2) is 15.3. The first-order valence-electron chi connectivity index (χ1n) is 7.36. The van der Waals surface area contributed by atoms with E-state index >= 15 is 0 Å². The van der Waals surface area contributed by atoms with Gasteiger partial charge < -0.3 is 5.11 Å². The number of rotatable bonds is 12. The molecule has 0 spiro atoms. The number of hydrogen-bond acceptors (Lipinski definition) is 1. The highest BCUT2D eigenvalue weighted by Gasteiger charge is 1.91. The van der Waals surface area contributed by atoms with Crippen molar-refractivity contribution in [2.24, 2.45) is 0 Å². The van der Waals surface area contributed by atoms with E-state index in [9.17, 15) is 0 Å². The van der Waals surface area contributed by atoms with Crippen molar-refractivity contribution in [3.8, 4) is 0 Å². The second-order valence-electron chi connectivity index (χ2n) is 4.67. The maximum atomic E-state index is 8.46. The monoisotopic (exact) mass is 238 g/mol. The molecule has 0 heterocycles. The highest BCUT2D eigenvalue weighted by atomic mass is 16.2. The van der Waals surface area contributed by atoms with E-state index in [1.807, 2.05) is 6.08 Å². The van der Waals surface area contributed by atoms with Gasteiger partial charge in [-0.25, -0.2) is 0 Å². The lowest BCUT2D eigenvalue weighted by atomic mass is 10.1. The van der Waals surface area contributed by atoms with Crippen LogP contribution in [0.4, 0.5) is 0 Å². The largest absolute Gasteiger partial charge is 0.516 e. The molecule has 0 saturated heterocycles. The molecule has 0 radical (unpaired) electrons. The SMILES string of the molecule is CC/C=C/CCCCCCCCCC/C=C/O. The first-order valence-corrected chi connectivity index (χ1v) is 7.36. The van der Waals surface area contributed by atoms with Crippen molar-refractivity contribution in [2.45, 2.75) is 77.6 Å². The first-order chi connectivity index (χ1) is 8.41. The van der Waals surface area contributed by atoms with Crippen LogP contribution in [0.3, 0.4) is 0 Å². The van der Waals surface area contributed by atoms with Gasteiger partial charge in [0.15, 0.2) is 0 Å². The van der Waals surface area contributed by atoms with E-state index in [4.69, 9.17) is 5.11 Å². The maximum Gasteiger partial charge on any atom is 0.0751 e. The molecule has 0 aliphatic heterocycles. The summed E-state index contributed by atoms with van der Waals surface area (Å²) in [6, 6.07) is 0. The summed E-state index contributed by atoms with van der Waals surface area (Å²) in [5.74, 6) is 0. The number of aliphatic hydroxyl groups is 1. The molecule has 0 rings (SSSR count). The van der Waals surface area contributed by atoms with Gasteiger partial charge in [-0.1, -0.05) is 63.7 Å². The van der Waals surface area contributed by atoms with Crippen molar-refractivity contribution in [1.82, 2.24) is 0 Å². The zero-order valence-corrected chi connectivity index (χ0v) is 11.5. The van der Waals surface area contributed by atoms with Crippen LogP contribution in [0, 0.1) is 0 Å². The Morgan fingerprint density at radius 1 is 0.647 bits per heavy atom. The Bertz CT molecular complexity index is 182. The smallest absolute Gasteiger partial charge is 0.0751 e. The number of allylic oxidation sites excluding steroid dienone is 3. The first kappa shape index (κ1) is 16.3. The lowest BCUT2D eigenvalue weighted by Crippen LogP contribution is -1.81. The van der Waals surface area contributed by atoms with Gasteiger partial charge in [0, 0.05) is 0 Å². The van der Waals surface area contributed by atoms with Crippen LogP contribution >= 0.6 is 0 Å². The summed E-state index contributed by atoms with van der Waals surface area (Å²) in [5.41, 5.74) is 0. The Balaban J connectivity index is 2.96. The minimum Gasteiger partial charge on any atom is -0.516 e. The minimum atomic E-state index is 1.03. The van der Waals surface area contributed by atoms with Crippen molar-refractivity contribution in [3.63, 3.8) is 0 Å². The van der Waals surface area contributed by atoms with Crippen LogP contribution in [0.1, 0.15) is 77.6 Å². The summed E-state index contributed by atoms with van der Waals surface area (Å²) in [4.78, 5) is 0. The predicted molar refractivity (Wildman–Crippen MR) is 77.4 cm³/mol. The summed E-state index contributed by atoms with van der Waals surface area (Å²) in [6.45, 7) is 2.19. The number of unbranched alkanes of at least 4 members (excludes halogenated alkanes) is 9. The van der Waals surface area contributed by atoms with E-state index in [-0.39, 0.29) is 0 Å². The number of hydrogen-bond donors (Lipinski definition) is 1. The van der Waals surface area contributed by atoms with Crippen LogP contribution in [-0.4, -0.2) is 5.11 Å². The Hall–Kier alpha value is -0.720. The normalized spacial score (nSPS) is 11.8. The molecule has 0 aliphatic rings. The standard InChI is InChI=1S/C16H30O/c1-2-3-4-5-6-7-8-9-10-11-12-13-14-15-16-17/h3-4,15-17H,2,5-14H2,1H3/b4-3+,16-15+. The molecule has 0 unspecified atom stereocenters. The molecule has 1 N–H and O–H groups in total. The van der Waals surface area contributed by atoms with Gasteiger partial charge in [0.2, 0.25) is 0 Å². The molecule has 0 aromatic carbocycles. The van der Waals surface area contributed by atoms with Crippen LogP contribution in [0.25, 0.3) is 0 Å². The van der Waals surface area contributed by atoms with Gasteiger partial charge in [0.05, 0.1) is 6.26 Å². The highest BCUT2D eigenvalue weighted by Crippen LogP contribution is 2.10. The average molecular weight is 238 g/mol. The van der Waals surface area contributed by atoms with E-state index < -0.39 is 0 Å². The fourth-order valence-corrected chi connectivity index (χ4v) is 1.94. The highest BCUT2D eigenvalue weighted by molar-refractivity contribution is 4.79. The molecule has 0 aromatic heterocycles. The minimum absolute atomic E-state index is 1.03. The summed E-state index contributed by atoms with van der Waals surface area (Å²) >= 11 is 0. The molecule has 0 amide bonds. The zero-order chi connectivity index (χ0) is 12.6. The van der Waals surface area contributed by atoms with Crippen LogP contribution in [-0.2, 0) is 0 Å². The van der Waals surface area contributed by atoms with Gasteiger partial charge in [-0.2, -0.15) is 0 Å². The van der Waals surface area contributed by atoms with E-state index in [1.54, 1.807) is 0 Å². The molecule has 0 saturated carbocycles. The van der Waals surface area contributed by atoms with E-state index in [0.29, 0.717) is 0 Å². The van der Waals surface area contributed by atoms with Gasteiger partial charge in [-0.3, -0.25) is 0 Å². The molecule has 1 heteroatoms. The Morgan fingerprint density at radius 3 is 1.59 bits per heavy atom. The van der Waals surface area contributed by atoms with E-state index in [2.05, 4.69) is 19.1 Å². The second-order valence-corrected chi connectivity index (χ2v) is 4.67. The third-order valence-corrected chi connectivity index (χ3v) is 3.00. The summed E-state index contributed by atoms with van der Waals surface area (Å²) in [5, 5.41) is 8.46. The van der Waals surface area contributed by atoms with Gasteiger partial charge in [0.25, 0.3) is 0 Å². The molecule has 0 atom stereocenters. The lowest BCUT2D eigenvalue weighted by Gasteiger charge is -2.00. The average Bonchev–Trinajstić information content (AvgIpc) is 2.35. The Labute approximate surface area is 108 Å². The fraction of sp³-hybridized carbons (Fsp3) is 0.750. The number of aliphatic hydroxyl groups excluding tert-OH is 1. The van der Waals surface area contributed by atoms with E-state index in [0.717, 1.165) is 12.7 Å². The molecular weight excluding hydrogens is 208 g/mol. The van der Waals surface area contributed by atoms with Crippen molar-refractivity contribution in [2.75, 3.05) is 0 Å². The quantitative estimate of drug-likeness (QED) is 0.254. The predicted octanol–water partition coefficient (Wildman–Crippen LogP) is 5.93. The summed E-state index contributed by atoms with van der Waals surface area (Å²) in [6.07, 6.45) is 21.9. The molecule has 0 bridgehead atoms. The molecule has 100 valence electrons. The lowest BCUT2D eigenvalue weighted by molar-refractivity contribution is 0.469. The van der Waals surface area contributed by atoms with Crippen molar-refractivity contribution >= 4 is 0 Å². The zero-order valence-electron chi connectivity index (χ0n) is 11.5. The Kier molecular flexibility index (Phi) is 14.6. The summed E-state index contributed by atoms with van der Waals surface area (Å²) in [7, 11) is 0. The van der Waals surface area contributed by atoms with Crippen molar-refractivity contribution in [1.29, 1.82) is 0 Å². The fourth-order valence-electron chi connectivity index (χ4n) is 1.94. The molecule has 17 heavy (non-hydrogen) atoms.